The van der Waals surface area contributed by atoms with Crippen LogP contribution >= 0.6 is 22.9 Å². The highest BCUT2D eigenvalue weighted by molar-refractivity contribution is 7.14. The van der Waals surface area contributed by atoms with Crippen LogP contribution in [0.3, 0.4) is 0 Å². The first kappa shape index (κ1) is 19.7. The van der Waals surface area contributed by atoms with E-state index in [0.717, 1.165) is 11.6 Å². The minimum Gasteiger partial charge on any atom is -0.300 e. The third-order valence-corrected chi connectivity index (χ3v) is 5.38. The number of carbonyl (C=O) groups is 3. The van der Waals surface area contributed by atoms with Gasteiger partial charge in [-0.1, -0.05) is 29.8 Å². The van der Waals surface area contributed by atoms with Crippen LogP contribution in [-0.2, 0) is 4.79 Å². The van der Waals surface area contributed by atoms with Crippen LogP contribution in [0.2, 0.25) is 5.02 Å². The van der Waals surface area contributed by atoms with E-state index in [4.69, 9.17) is 11.6 Å². The third-order valence-electron chi connectivity index (χ3n) is 4.37. The molecule has 0 saturated heterocycles. The van der Waals surface area contributed by atoms with Gasteiger partial charge in [-0.25, -0.2) is 4.98 Å². The Bertz CT molecular complexity index is 1210. The number of thiazole rings is 1. The van der Waals surface area contributed by atoms with Gasteiger partial charge in [-0.15, -0.1) is 11.3 Å². The fourth-order valence-electron chi connectivity index (χ4n) is 3.00. The summed E-state index contributed by atoms with van der Waals surface area (Å²) in [4.78, 5) is 52.8. The van der Waals surface area contributed by atoms with Crippen molar-refractivity contribution in [2.45, 2.75) is 0 Å². The van der Waals surface area contributed by atoms with Crippen molar-refractivity contribution in [1.29, 1.82) is 0 Å². The second kappa shape index (κ2) is 7.65. The molecule has 1 aliphatic rings. The van der Waals surface area contributed by atoms with Crippen LogP contribution in [0.4, 0.5) is 10.8 Å². The van der Waals surface area contributed by atoms with Gasteiger partial charge in [-0.05, 0) is 18.2 Å². The number of nitro groups is 1. The molecule has 0 atom stereocenters. The Kier molecular flexibility index (Phi) is 5.02. The van der Waals surface area contributed by atoms with Gasteiger partial charge in [0.05, 0.1) is 16.2 Å². The summed E-state index contributed by atoms with van der Waals surface area (Å²) < 4.78 is 0. The average molecular weight is 443 g/mol. The fourth-order valence-corrected chi connectivity index (χ4v) is 3.86. The van der Waals surface area contributed by atoms with Gasteiger partial charge in [0, 0.05) is 22.0 Å². The number of imide groups is 1. The Morgan fingerprint density at radius 1 is 1.17 bits per heavy atom. The van der Waals surface area contributed by atoms with Crippen molar-refractivity contribution in [3.05, 3.63) is 74.1 Å². The molecule has 0 spiro atoms. The van der Waals surface area contributed by atoms with Gasteiger partial charge in [-0.2, -0.15) is 0 Å². The number of nitrogens with zero attached hydrogens (tertiary/aromatic N) is 3. The minimum absolute atomic E-state index is 0.0960. The molecule has 0 aliphatic carbocycles. The molecule has 0 bridgehead atoms. The van der Waals surface area contributed by atoms with Gasteiger partial charge in [0.1, 0.15) is 12.1 Å². The number of hydrogen-bond acceptors (Lipinski definition) is 7. The highest BCUT2D eigenvalue weighted by Crippen LogP contribution is 2.31. The van der Waals surface area contributed by atoms with Gasteiger partial charge < -0.3 is 5.32 Å². The zero-order valence-electron chi connectivity index (χ0n) is 15.0. The lowest BCUT2D eigenvalue weighted by Crippen LogP contribution is -2.37. The number of amides is 3. The predicted octanol–water partition coefficient (Wildman–Crippen LogP) is 3.61. The van der Waals surface area contributed by atoms with E-state index in [1.807, 2.05) is 0 Å². The zero-order chi connectivity index (χ0) is 21.4. The molecule has 150 valence electrons. The SMILES string of the molecule is O=C(CN1C(=O)c2cccc([N+](=O)[O-])c2C1=O)Nc1nc(-c2ccc(Cl)cc2)cs1. The van der Waals surface area contributed by atoms with Crippen LogP contribution in [0, 0.1) is 10.1 Å². The summed E-state index contributed by atoms with van der Waals surface area (Å²) in [6.07, 6.45) is 0. The molecular weight excluding hydrogens is 432 g/mol. The monoisotopic (exact) mass is 442 g/mol. The molecule has 4 rings (SSSR count). The summed E-state index contributed by atoms with van der Waals surface area (Å²) >= 11 is 7.04. The number of hydrogen-bond donors (Lipinski definition) is 1. The largest absolute Gasteiger partial charge is 0.300 e. The first-order valence-electron chi connectivity index (χ1n) is 8.50. The van der Waals surface area contributed by atoms with E-state index in [1.54, 1.807) is 29.6 Å². The summed E-state index contributed by atoms with van der Waals surface area (Å²) in [5, 5.41) is 16.3. The summed E-state index contributed by atoms with van der Waals surface area (Å²) in [6.45, 7) is -0.584. The smallest absolute Gasteiger partial charge is 0.282 e. The molecule has 0 radical (unpaired) electrons. The second-order valence-corrected chi connectivity index (χ2v) is 7.54. The predicted molar refractivity (Wildman–Crippen MR) is 110 cm³/mol. The number of halogens is 1. The van der Waals surface area contributed by atoms with Crippen molar-refractivity contribution in [3.8, 4) is 11.3 Å². The average Bonchev–Trinajstić information content (AvgIpc) is 3.27. The Balaban J connectivity index is 1.48. The Morgan fingerprint density at radius 3 is 2.60 bits per heavy atom. The lowest BCUT2D eigenvalue weighted by molar-refractivity contribution is -0.385. The van der Waals surface area contributed by atoms with Crippen LogP contribution in [0.15, 0.2) is 47.8 Å². The van der Waals surface area contributed by atoms with E-state index >= 15 is 0 Å². The molecule has 3 amide bonds. The van der Waals surface area contributed by atoms with Gasteiger partial charge >= 0.3 is 0 Å². The maximum absolute atomic E-state index is 12.5. The van der Waals surface area contributed by atoms with Gasteiger partial charge in [0.25, 0.3) is 17.5 Å². The Morgan fingerprint density at radius 2 is 1.90 bits per heavy atom. The van der Waals surface area contributed by atoms with Crippen LogP contribution in [0.25, 0.3) is 11.3 Å². The van der Waals surface area contributed by atoms with E-state index in [-0.39, 0.29) is 16.3 Å². The van der Waals surface area contributed by atoms with Crippen molar-refractivity contribution in [2.24, 2.45) is 0 Å². The molecule has 1 aliphatic heterocycles. The molecule has 2 aromatic carbocycles. The molecular formula is C19H11ClN4O5S. The molecule has 1 N–H and O–H groups in total. The molecule has 2 heterocycles. The van der Waals surface area contributed by atoms with Crippen molar-refractivity contribution < 1.29 is 19.3 Å². The Labute approximate surface area is 178 Å². The standard InChI is InChI=1S/C19H11ClN4O5S/c20-11-6-4-10(5-7-11)13-9-30-19(21-13)22-15(25)8-23-17(26)12-2-1-3-14(24(28)29)16(12)18(23)27/h1-7,9H,8H2,(H,21,22,25). The van der Waals surface area contributed by atoms with E-state index in [2.05, 4.69) is 10.3 Å². The zero-order valence-corrected chi connectivity index (χ0v) is 16.6. The minimum atomic E-state index is -0.876. The normalized spacial score (nSPS) is 12.8. The molecule has 3 aromatic rings. The number of nitro benzene ring substituents is 1. The lowest BCUT2D eigenvalue weighted by Gasteiger charge is -2.12. The van der Waals surface area contributed by atoms with Crippen LogP contribution in [0.5, 0.6) is 0 Å². The number of fused-ring (bicyclic) bond motifs is 1. The summed E-state index contributed by atoms with van der Waals surface area (Å²) in [5.41, 5.74) is 0.564. The highest BCUT2D eigenvalue weighted by Gasteiger charge is 2.41. The number of aromatic nitrogens is 1. The van der Waals surface area contributed by atoms with Gasteiger partial charge in [0.15, 0.2) is 5.13 Å². The molecule has 11 heteroatoms. The molecule has 0 saturated carbocycles. The maximum atomic E-state index is 12.5. The number of anilines is 1. The van der Waals surface area contributed by atoms with Crippen molar-refractivity contribution in [3.63, 3.8) is 0 Å². The van der Waals surface area contributed by atoms with Gasteiger partial charge in [-0.3, -0.25) is 29.4 Å². The van der Waals surface area contributed by atoms with E-state index in [9.17, 15) is 24.5 Å². The highest BCUT2D eigenvalue weighted by atomic mass is 35.5. The van der Waals surface area contributed by atoms with Crippen LogP contribution in [0.1, 0.15) is 20.7 Å². The first-order valence-corrected chi connectivity index (χ1v) is 9.76. The molecule has 9 nitrogen and oxygen atoms in total. The van der Waals surface area contributed by atoms with Crippen LogP contribution in [-0.4, -0.2) is 39.1 Å². The van der Waals surface area contributed by atoms with E-state index in [0.29, 0.717) is 15.6 Å². The summed E-state index contributed by atoms with van der Waals surface area (Å²) in [5.74, 6) is -2.28. The Hall–Kier alpha value is -3.63. The number of carbonyl (C=O) groups excluding carboxylic acids is 3. The lowest BCUT2D eigenvalue weighted by atomic mass is 10.1. The van der Waals surface area contributed by atoms with Crippen LogP contribution < -0.4 is 5.32 Å². The van der Waals surface area contributed by atoms with Crippen molar-refractivity contribution in [2.75, 3.05) is 11.9 Å². The summed E-state index contributed by atoms with van der Waals surface area (Å²) in [7, 11) is 0. The molecule has 30 heavy (non-hydrogen) atoms. The third kappa shape index (κ3) is 3.53. The second-order valence-electron chi connectivity index (χ2n) is 6.25. The van der Waals surface area contributed by atoms with Gasteiger partial charge in [0.2, 0.25) is 5.91 Å². The van der Waals surface area contributed by atoms with E-state index < -0.39 is 34.9 Å². The first-order chi connectivity index (χ1) is 14.3. The maximum Gasteiger partial charge on any atom is 0.282 e. The number of rotatable bonds is 5. The summed E-state index contributed by atoms with van der Waals surface area (Å²) in [6, 6.07) is 10.8. The van der Waals surface area contributed by atoms with Crippen molar-refractivity contribution >= 4 is 51.5 Å². The molecule has 0 fully saturated rings. The quantitative estimate of drug-likeness (QED) is 0.366. The molecule has 0 unspecified atom stereocenters. The number of benzene rings is 2. The van der Waals surface area contributed by atoms with Crippen molar-refractivity contribution in [1.82, 2.24) is 9.88 Å². The topological polar surface area (TPSA) is 123 Å². The molecule has 1 aromatic heterocycles. The number of nitrogens with one attached hydrogen (secondary N) is 1. The van der Waals surface area contributed by atoms with E-state index in [1.165, 1.54) is 23.5 Å². The fraction of sp³-hybridized carbons (Fsp3) is 0.0526.